The van der Waals surface area contributed by atoms with Crippen molar-refractivity contribution in [2.24, 2.45) is 0 Å². The van der Waals surface area contributed by atoms with E-state index < -0.39 is 30.1 Å². The summed E-state index contributed by atoms with van der Waals surface area (Å²) in [5.41, 5.74) is 0.960. The van der Waals surface area contributed by atoms with Gasteiger partial charge in [-0.15, -0.1) is 11.3 Å². The Bertz CT molecular complexity index is 1100. The van der Waals surface area contributed by atoms with Gasteiger partial charge in [-0.25, -0.2) is 19.2 Å². The molecule has 1 fully saturated rings. The Hall–Kier alpha value is -2.82. The molecule has 2 atom stereocenters. The predicted octanol–water partition coefficient (Wildman–Crippen LogP) is 3.23. The largest absolute Gasteiger partial charge is 0.488 e. The number of carbonyl (C=O) groups is 1. The molecule has 1 aliphatic rings. The lowest BCUT2D eigenvalue weighted by atomic mass is 9.92. The normalized spacial score (nSPS) is 21.5. The molecule has 10 heteroatoms. The number of thiophene rings is 1. The Morgan fingerprint density at radius 2 is 1.97 bits per heavy atom. The van der Waals surface area contributed by atoms with Gasteiger partial charge >= 0.3 is 5.97 Å². The van der Waals surface area contributed by atoms with E-state index in [1.54, 1.807) is 6.92 Å². The third kappa shape index (κ3) is 4.07. The number of fused-ring (bicyclic) bond motifs is 1. The smallest absolute Gasteiger partial charge is 0.346 e. The first-order chi connectivity index (χ1) is 14.3. The van der Waals surface area contributed by atoms with Crippen molar-refractivity contribution in [1.82, 2.24) is 9.97 Å². The highest BCUT2D eigenvalue weighted by Crippen LogP contribution is 2.37. The van der Waals surface area contributed by atoms with E-state index in [0.29, 0.717) is 40.1 Å². The van der Waals surface area contributed by atoms with Gasteiger partial charge in [0.1, 0.15) is 39.5 Å². The fourth-order valence-electron chi connectivity index (χ4n) is 3.68. The third-order valence-electron chi connectivity index (χ3n) is 5.03. The molecule has 3 aromatic rings. The van der Waals surface area contributed by atoms with Crippen molar-refractivity contribution in [2.75, 3.05) is 5.32 Å². The summed E-state index contributed by atoms with van der Waals surface area (Å²) >= 11 is 1.05. The summed E-state index contributed by atoms with van der Waals surface area (Å²) in [4.78, 5) is 20.5. The first-order valence-corrected chi connectivity index (χ1v) is 10.2. The molecule has 0 aliphatic heterocycles. The number of anilines is 2. The summed E-state index contributed by atoms with van der Waals surface area (Å²) < 4.78 is 19.8. The minimum Gasteiger partial charge on any atom is -0.488 e. The Balaban J connectivity index is 1.68. The molecule has 0 saturated heterocycles. The van der Waals surface area contributed by atoms with Crippen molar-refractivity contribution in [1.29, 1.82) is 0 Å². The van der Waals surface area contributed by atoms with E-state index in [0.717, 1.165) is 11.3 Å². The monoisotopic (exact) mass is 433 g/mol. The molecular weight excluding hydrogens is 413 g/mol. The average Bonchev–Trinajstić information content (AvgIpc) is 3.01. The number of aliphatic hydroxyl groups is 2. The number of nitrogens with one attached hydrogen (secondary N) is 1. The number of aliphatic hydroxyl groups excluding tert-OH is 2. The number of aromatic carboxylic acids is 1. The van der Waals surface area contributed by atoms with Crippen LogP contribution in [0.4, 0.5) is 15.9 Å². The van der Waals surface area contributed by atoms with Crippen molar-refractivity contribution in [3.63, 3.8) is 0 Å². The Labute approximate surface area is 175 Å². The molecule has 1 saturated carbocycles. The minimum atomic E-state index is -1.04. The molecule has 0 unspecified atom stereocenters. The lowest BCUT2D eigenvalue weighted by molar-refractivity contribution is -0.0153. The number of nitrogens with zero attached hydrogens (tertiary/aromatic N) is 2. The average molecular weight is 433 g/mol. The van der Waals surface area contributed by atoms with E-state index in [1.165, 1.54) is 24.5 Å². The predicted molar refractivity (Wildman–Crippen MR) is 109 cm³/mol. The number of hydrogen-bond acceptors (Lipinski definition) is 8. The molecule has 4 N–H and O–H groups in total. The van der Waals surface area contributed by atoms with Gasteiger partial charge in [0.2, 0.25) is 0 Å². The molecule has 1 aromatic carbocycles. The number of carboxylic acids is 1. The summed E-state index contributed by atoms with van der Waals surface area (Å²) in [7, 11) is 0. The first kappa shape index (κ1) is 20.5. The second-order valence-corrected chi connectivity index (χ2v) is 8.28. The van der Waals surface area contributed by atoms with Gasteiger partial charge < -0.3 is 25.4 Å². The number of ether oxygens (including phenoxy) is 1. The van der Waals surface area contributed by atoms with Crippen molar-refractivity contribution in [2.45, 2.75) is 44.5 Å². The highest BCUT2D eigenvalue weighted by Gasteiger charge is 2.28. The van der Waals surface area contributed by atoms with Crippen LogP contribution in [0, 0.1) is 12.7 Å². The standard InChI is InChI=1S/C20H20FN3O5S/c1-9-16-18(22-8-23-19(16)30-17(9)20(27)28)24-14-3-2-10(21)4-15(14)29-13-6-11(25)5-12(26)7-13/h2-4,8,11-13,25-26H,5-7H2,1H3,(H,27,28)(H,22,23,24)/t11-,12-/m1/s1. The fraction of sp³-hybridized carbons (Fsp3) is 0.350. The van der Waals surface area contributed by atoms with E-state index in [-0.39, 0.29) is 17.0 Å². The van der Waals surface area contributed by atoms with Crippen LogP contribution < -0.4 is 10.1 Å². The number of aromatic nitrogens is 2. The highest BCUT2D eigenvalue weighted by molar-refractivity contribution is 7.20. The van der Waals surface area contributed by atoms with Crippen LogP contribution in [0.1, 0.15) is 34.5 Å². The van der Waals surface area contributed by atoms with Gasteiger partial charge in [-0.05, 0) is 31.0 Å². The van der Waals surface area contributed by atoms with Crippen LogP contribution in [0.3, 0.4) is 0 Å². The van der Waals surface area contributed by atoms with Gasteiger partial charge in [0.25, 0.3) is 0 Å². The third-order valence-corrected chi connectivity index (χ3v) is 6.21. The number of rotatable bonds is 5. The highest BCUT2D eigenvalue weighted by atomic mass is 32.1. The first-order valence-electron chi connectivity index (χ1n) is 9.38. The fourth-order valence-corrected chi connectivity index (χ4v) is 4.67. The van der Waals surface area contributed by atoms with E-state index in [4.69, 9.17) is 4.74 Å². The quantitative estimate of drug-likeness (QED) is 0.483. The molecule has 30 heavy (non-hydrogen) atoms. The number of benzene rings is 1. The van der Waals surface area contributed by atoms with Crippen LogP contribution in [0.2, 0.25) is 0 Å². The van der Waals surface area contributed by atoms with Gasteiger partial charge in [-0.3, -0.25) is 0 Å². The molecule has 0 amide bonds. The second kappa shape index (κ2) is 8.13. The molecule has 0 radical (unpaired) electrons. The van der Waals surface area contributed by atoms with Crippen molar-refractivity contribution in [3.05, 3.63) is 40.8 Å². The Morgan fingerprint density at radius 3 is 2.67 bits per heavy atom. The van der Waals surface area contributed by atoms with E-state index >= 15 is 0 Å². The number of hydrogen-bond donors (Lipinski definition) is 4. The van der Waals surface area contributed by atoms with Gasteiger partial charge in [0.05, 0.1) is 23.3 Å². The van der Waals surface area contributed by atoms with Crippen LogP contribution in [0.15, 0.2) is 24.5 Å². The molecule has 2 heterocycles. The summed E-state index contributed by atoms with van der Waals surface area (Å²) in [5.74, 6) is -0.956. The van der Waals surface area contributed by atoms with Crippen LogP contribution >= 0.6 is 11.3 Å². The van der Waals surface area contributed by atoms with E-state index in [2.05, 4.69) is 15.3 Å². The van der Waals surface area contributed by atoms with Crippen molar-refractivity contribution >= 4 is 39.0 Å². The van der Waals surface area contributed by atoms with Gasteiger partial charge in [-0.2, -0.15) is 0 Å². The molecule has 8 nitrogen and oxygen atoms in total. The van der Waals surface area contributed by atoms with Crippen LogP contribution in [-0.2, 0) is 0 Å². The number of halogens is 1. The van der Waals surface area contributed by atoms with E-state index in [9.17, 15) is 24.5 Å². The second-order valence-electron chi connectivity index (χ2n) is 7.28. The van der Waals surface area contributed by atoms with Gasteiger partial charge in [-0.1, -0.05) is 0 Å². The molecule has 4 rings (SSSR count). The molecule has 158 valence electrons. The maximum atomic E-state index is 13.9. The lowest BCUT2D eigenvalue weighted by Crippen LogP contribution is -2.36. The topological polar surface area (TPSA) is 125 Å². The molecule has 2 aromatic heterocycles. The summed E-state index contributed by atoms with van der Waals surface area (Å²) in [6, 6.07) is 3.98. The van der Waals surface area contributed by atoms with Crippen molar-refractivity contribution in [3.8, 4) is 5.75 Å². The Morgan fingerprint density at radius 1 is 1.23 bits per heavy atom. The maximum absolute atomic E-state index is 13.9. The zero-order chi connectivity index (χ0) is 21.4. The summed E-state index contributed by atoms with van der Waals surface area (Å²) in [6.45, 7) is 1.68. The SMILES string of the molecule is Cc1c(C(=O)O)sc2ncnc(Nc3ccc(F)cc3OC3C[C@H](O)C[C@@H](O)C3)c12. The molecule has 1 aliphatic carbocycles. The van der Waals surface area contributed by atoms with Gasteiger partial charge in [0, 0.05) is 18.9 Å². The van der Waals surface area contributed by atoms with Crippen LogP contribution in [0.25, 0.3) is 10.2 Å². The van der Waals surface area contributed by atoms with Gasteiger partial charge in [0.15, 0.2) is 0 Å². The Kier molecular flexibility index (Phi) is 5.54. The number of carboxylic acid groups (broad SMARTS) is 1. The molecule has 0 spiro atoms. The van der Waals surface area contributed by atoms with E-state index in [1.807, 2.05) is 0 Å². The molecule has 0 bridgehead atoms. The van der Waals surface area contributed by atoms with Crippen LogP contribution in [0.5, 0.6) is 5.75 Å². The summed E-state index contributed by atoms with van der Waals surface area (Å²) in [5, 5.41) is 32.8. The molecular formula is C20H20FN3O5S. The minimum absolute atomic E-state index is 0.175. The van der Waals surface area contributed by atoms with Crippen LogP contribution in [-0.4, -0.2) is 49.6 Å². The summed E-state index contributed by atoms with van der Waals surface area (Å²) in [6.07, 6.45) is 0.423. The van der Waals surface area contributed by atoms with Crippen molar-refractivity contribution < 1.29 is 29.2 Å². The zero-order valence-electron chi connectivity index (χ0n) is 16.0. The lowest BCUT2D eigenvalue weighted by Gasteiger charge is -2.30. The number of aryl methyl sites for hydroxylation is 1. The zero-order valence-corrected chi connectivity index (χ0v) is 16.8. The maximum Gasteiger partial charge on any atom is 0.346 e.